The van der Waals surface area contributed by atoms with Crippen LogP contribution in [0.2, 0.25) is 0 Å². The van der Waals surface area contributed by atoms with Gasteiger partial charge in [0.15, 0.2) is 6.61 Å². The molecule has 1 amide bonds. The fourth-order valence-electron chi connectivity index (χ4n) is 3.39. The van der Waals surface area contributed by atoms with Gasteiger partial charge in [0, 0.05) is 45.8 Å². The van der Waals surface area contributed by atoms with Crippen LogP contribution in [0.5, 0.6) is 5.75 Å². The Morgan fingerprint density at radius 2 is 1.57 bits per heavy atom. The monoisotopic (exact) mass is 421 g/mol. The summed E-state index contributed by atoms with van der Waals surface area (Å²) in [5.74, 6) is -0.774. The molecular weight excluding hydrogens is 395 g/mol. The lowest BCUT2D eigenvalue weighted by molar-refractivity contribution is -0.139. The predicted octanol–water partition coefficient (Wildman–Crippen LogP) is 3.02. The van der Waals surface area contributed by atoms with E-state index >= 15 is 0 Å². The molecule has 0 saturated carbocycles. The summed E-state index contributed by atoms with van der Waals surface area (Å²) in [7, 11) is 0. The van der Waals surface area contributed by atoms with E-state index in [2.05, 4.69) is 27.2 Å². The molecule has 5 nitrogen and oxygen atoms in total. The van der Waals surface area contributed by atoms with Crippen LogP contribution < -0.4 is 10.1 Å². The predicted molar refractivity (Wildman–Crippen MR) is 108 cm³/mol. The number of ether oxygens (including phenoxy) is 1. The first kappa shape index (κ1) is 22.1. The summed E-state index contributed by atoms with van der Waals surface area (Å²) in [5, 5.41) is 2.71. The molecule has 3 rings (SSSR count). The minimum atomic E-state index is -4.52. The van der Waals surface area contributed by atoms with E-state index in [1.54, 1.807) is 0 Å². The molecule has 0 aliphatic carbocycles. The van der Waals surface area contributed by atoms with Gasteiger partial charge in [-0.15, -0.1) is 0 Å². The molecule has 1 saturated heterocycles. The SMILES string of the molecule is O=C(COc1ccccc1C(F)(F)F)NCCN1CCN(Cc2ccccc2)CC1. The van der Waals surface area contributed by atoms with Crippen LogP contribution in [0.1, 0.15) is 11.1 Å². The number of carbonyl (C=O) groups is 1. The number of hydrogen-bond acceptors (Lipinski definition) is 4. The Bertz CT molecular complexity index is 807. The molecule has 0 radical (unpaired) electrons. The first-order valence-corrected chi connectivity index (χ1v) is 9.96. The zero-order valence-corrected chi connectivity index (χ0v) is 16.7. The first-order chi connectivity index (χ1) is 14.4. The van der Waals surface area contributed by atoms with Crippen LogP contribution in [-0.4, -0.2) is 61.6 Å². The second-order valence-electron chi connectivity index (χ2n) is 7.24. The van der Waals surface area contributed by atoms with Gasteiger partial charge in [0.05, 0.1) is 5.56 Å². The van der Waals surface area contributed by atoms with Crippen LogP contribution in [0.25, 0.3) is 0 Å². The lowest BCUT2D eigenvalue weighted by Gasteiger charge is -2.34. The van der Waals surface area contributed by atoms with Crippen molar-refractivity contribution in [1.29, 1.82) is 0 Å². The van der Waals surface area contributed by atoms with Gasteiger partial charge in [0.25, 0.3) is 5.91 Å². The van der Waals surface area contributed by atoms with Crippen LogP contribution in [0.3, 0.4) is 0 Å². The van der Waals surface area contributed by atoms with Gasteiger partial charge in [-0.05, 0) is 17.7 Å². The van der Waals surface area contributed by atoms with Crippen molar-refractivity contribution in [2.24, 2.45) is 0 Å². The molecule has 1 N–H and O–H groups in total. The first-order valence-electron chi connectivity index (χ1n) is 9.96. The number of nitrogens with one attached hydrogen (secondary N) is 1. The van der Waals surface area contributed by atoms with Gasteiger partial charge in [-0.1, -0.05) is 42.5 Å². The van der Waals surface area contributed by atoms with Crippen molar-refractivity contribution < 1.29 is 22.7 Å². The summed E-state index contributed by atoms with van der Waals surface area (Å²) >= 11 is 0. The largest absolute Gasteiger partial charge is 0.483 e. The Labute approximate surface area is 174 Å². The normalized spacial score (nSPS) is 15.7. The quantitative estimate of drug-likeness (QED) is 0.712. The standard InChI is InChI=1S/C22H26F3N3O2/c23-22(24,25)19-8-4-5-9-20(19)30-17-21(29)26-10-11-27-12-14-28(15-13-27)16-18-6-2-1-3-7-18/h1-9H,10-17H2,(H,26,29). The molecule has 2 aromatic carbocycles. The molecule has 30 heavy (non-hydrogen) atoms. The smallest absolute Gasteiger partial charge is 0.419 e. The molecule has 1 fully saturated rings. The van der Waals surface area contributed by atoms with Crippen LogP contribution >= 0.6 is 0 Å². The Morgan fingerprint density at radius 3 is 2.27 bits per heavy atom. The van der Waals surface area contributed by atoms with E-state index in [1.165, 1.54) is 23.8 Å². The molecular formula is C22H26F3N3O2. The number of benzene rings is 2. The van der Waals surface area contributed by atoms with Crippen molar-refractivity contribution in [3.63, 3.8) is 0 Å². The highest BCUT2D eigenvalue weighted by molar-refractivity contribution is 5.77. The van der Waals surface area contributed by atoms with E-state index in [9.17, 15) is 18.0 Å². The van der Waals surface area contributed by atoms with Crippen LogP contribution in [-0.2, 0) is 17.5 Å². The minimum absolute atomic E-state index is 0.338. The summed E-state index contributed by atoms with van der Waals surface area (Å²) in [6, 6.07) is 15.2. The summed E-state index contributed by atoms with van der Waals surface area (Å²) in [4.78, 5) is 16.6. The number of hydrogen-bond donors (Lipinski definition) is 1. The number of rotatable bonds is 8. The molecule has 162 valence electrons. The fourth-order valence-corrected chi connectivity index (χ4v) is 3.39. The maximum Gasteiger partial charge on any atom is 0.419 e. The van der Waals surface area contributed by atoms with Crippen LogP contribution in [0, 0.1) is 0 Å². The summed E-state index contributed by atoms with van der Waals surface area (Å²) in [5.41, 5.74) is 0.413. The Hall–Kier alpha value is -2.58. The lowest BCUT2D eigenvalue weighted by atomic mass is 10.2. The lowest BCUT2D eigenvalue weighted by Crippen LogP contribution is -2.48. The van der Waals surface area contributed by atoms with Gasteiger partial charge >= 0.3 is 6.18 Å². The molecule has 0 spiro atoms. The van der Waals surface area contributed by atoms with E-state index in [-0.39, 0.29) is 5.75 Å². The van der Waals surface area contributed by atoms with Gasteiger partial charge in [-0.2, -0.15) is 13.2 Å². The molecule has 0 bridgehead atoms. The molecule has 8 heteroatoms. The van der Waals surface area contributed by atoms with Crippen molar-refractivity contribution in [2.75, 3.05) is 45.9 Å². The zero-order valence-electron chi connectivity index (χ0n) is 16.7. The highest BCUT2D eigenvalue weighted by atomic mass is 19.4. The summed E-state index contributed by atoms with van der Waals surface area (Å²) in [6.45, 7) is 5.36. The Balaban J connectivity index is 1.33. The number of amides is 1. The zero-order chi connectivity index (χ0) is 21.4. The van der Waals surface area contributed by atoms with E-state index in [4.69, 9.17) is 4.74 Å². The number of para-hydroxylation sites is 1. The summed E-state index contributed by atoms with van der Waals surface area (Å²) in [6.07, 6.45) is -4.52. The molecule has 1 aliphatic heterocycles. The minimum Gasteiger partial charge on any atom is -0.483 e. The van der Waals surface area contributed by atoms with E-state index in [0.717, 1.165) is 38.8 Å². The van der Waals surface area contributed by atoms with Gasteiger partial charge in [0.1, 0.15) is 5.75 Å². The molecule has 1 heterocycles. The number of halogens is 3. The average molecular weight is 421 g/mol. The molecule has 2 aromatic rings. The van der Waals surface area contributed by atoms with Crippen molar-refractivity contribution in [2.45, 2.75) is 12.7 Å². The average Bonchev–Trinajstić information content (AvgIpc) is 2.74. The van der Waals surface area contributed by atoms with Gasteiger partial charge in [-0.3, -0.25) is 14.6 Å². The van der Waals surface area contributed by atoms with Crippen molar-refractivity contribution in [1.82, 2.24) is 15.1 Å². The van der Waals surface area contributed by atoms with E-state index in [1.807, 2.05) is 18.2 Å². The Morgan fingerprint density at radius 1 is 0.933 bits per heavy atom. The maximum atomic E-state index is 12.9. The van der Waals surface area contributed by atoms with Crippen molar-refractivity contribution in [3.05, 3.63) is 65.7 Å². The van der Waals surface area contributed by atoms with Crippen molar-refractivity contribution in [3.8, 4) is 5.75 Å². The summed E-state index contributed by atoms with van der Waals surface area (Å²) < 4.78 is 43.9. The highest BCUT2D eigenvalue weighted by Gasteiger charge is 2.34. The fraction of sp³-hybridized carbons (Fsp3) is 0.409. The second kappa shape index (κ2) is 10.4. The van der Waals surface area contributed by atoms with E-state index in [0.29, 0.717) is 13.1 Å². The topological polar surface area (TPSA) is 44.8 Å². The second-order valence-corrected chi connectivity index (χ2v) is 7.24. The van der Waals surface area contributed by atoms with Gasteiger partial charge in [-0.25, -0.2) is 0 Å². The van der Waals surface area contributed by atoms with Gasteiger partial charge < -0.3 is 10.1 Å². The molecule has 0 aromatic heterocycles. The van der Waals surface area contributed by atoms with Crippen LogP contribution in [0.15, 0.2) is 54.6 Å². The van der Waals surface area contributed by atoms with Crippen molar-refractivity contribution >= 4 is 5.91 Å². The van der Waals surface area contributed by atoms with E-state index < -0.39 is 24.3 Å². The number of alkyl halides is 3. The number of carbonyl (C=O) groups excluding carboxylic acids is 1. The third kappa shape index (κ3) is 6.74. The Kier molecular flexibility index (Phi) is 7.70. The molecule has 0 unspecified atom stereocenters. The maximum absolute atomic E-state index is 12.9. The highest BCUT2D eigenvalue weighted by Crippen LogP contribution is 2.35. The third-order valence-corrected chi connectivity index (χ3v) is 5.02. The molecule has 0 atom stereocenters. The van der Waals surface area contributed by atoms with Crippen LogP contribution in [0.4, 0.5) is 13.2 Å². The number of piperazine rings is 1. The molecule has 1 aliphatic rings. The third-order valence-electron chi connectivity index (χ3n) is 5.02. The van der Waals surface area contributed by atoms with Gasteiger partial charge in [0.2, 0.25) is 0 Å². The number of nitrogens with zero attached hydrogens (tertiary/aromatic N) is 2.